The molecule has 1 saturated carbocycles. The van der Waals surface area contributed by atoms with E-state index in [9.17, 15) is 13.5 Å². The Balaban J connectivity index is 3.13. The van der Waals surface area contributed by atoms with Crippen molar-refractivity contribution in [2.24, 2.45) is 5.41 Å². The van der Waals surface area contributed by atoms with Crippen LogP contribution in [-0.4, -0.2) is 54.7 Å². The van der Waals surface area contributed by atoms with Gasteiger partial charge in [0, 0.05) is 6.54 Å². The van der Waals surface area contributed by atoms with Gasteiger partial charge in [-0.1, -0.05) is 20.8 Å². The summed E-state index contributed by atoms with van der Waals surface area (Å²) in [6, 6.07) is 0. The van der Waals surface area contributed by atoms with Crippen LogP contribution in [0.2, 0.25) is 0 Å². The van der Waals surface area contributed by atoms with Gasteiger partial charge >= 0.3 is 0 Å². The maximum absolute atomic E-state index is 13.0. The number of rotatable bonds is 5. The van der Waals surface area contributed by atoms with E-state index in [4.69, 9.17) is 0 Å². The average molecular weight is 291 g/mol. The fourth-order valence-corrected chi connectivity index (χ4v) is 5.67. The summed E-state index contributed by atoms with van der Waals surface area (Å²) in [6.07, 6.45) is 0.529. The molecule has 114 valence electrons. The molecule has 0 aromatic heterocycles. The van der Waals surface area contributed by atoms with Crippen molar-refractivity contribution in [1.82, 2.24) is 4.90 Å². The van der Waals surface area contributed by atoms with Crippen molar-refractivity contribution in [2.45, 2.75) is 63.1 Å². The first-order valence-corrected chi connectivity index (χ1v) is 8.35. The molecule has 0 bridgehead atoms. The smallest absolute Gasteiger partial charge is 0.164 e. The molecule has 1 rings (SSSR count). The molecular weight excluding hydrogens is 262 g/mol. The summed E-state index contributed by atoms with van der Waals surface area (Å²) >= 11 is 0. The predicted molar refractivity (Wildman–Crippen MR) is 79.0 cm³/mol. The van der Waals surface area contributed by atoms with Crippen molar-refractivity contribution in [3.8, 4) is 0 Å². The number of hydrogen-bond donors (Lipinski definition) is 1. The number of aliphatic hydroxyl groups is 1. The van der Waals surface area contributed by atoms with Crippen molar-refractivity contribution in [1.29, 1.82) is 0 Å². The van der Waals surface area contributed by atoms with E-state index in [2.05, 4.69) is 0 Å². The van der Waals surface area contributed by atoms with E-state index in [-0.39, 0.29) is 5.41 Å². The second-order valence-corrected chi connectivity index (χ2v) is 10.5. The van der Waals surface area contributed by atoms with Crippen LogP contribution in [0.25, 0.3) is 0 Å². The van der Waals surface area contributed by atoms with Crippen molar-refractivity contribution < 1.29 is 13.5 Å². The lowest BCUT2D eigenvalue weighted by Gasteiger charge is -2.40. The molecule has 4 nitrogen and oxygen atoms in total. The number of sulfone groups is 1. The third kappa shape index (κ3) is 2.57. The number of hydrogen-bond acceptors (Lipinski definition) is 4. The molecule has 0 aromatic rings. The molecule has 1 atom stereocenters. The Morgan fingerprint density at radius 2 is 1.58 bits per heavy atom. The van der Waals surface area contributed by atoms with E-state index in [1.54, 1.807) is 13.8 Å². The summed E-state index contributed by atoms with van der Waals surface area (Å²) in [6.45, 7) is 9.60. The highest BCUT2D eigenvalue weighted by Crippen LogP contribution is 2.59. The van der Waals surface area contributed by atoms with Crippen molar-refractivity contribution in [3.05, 3.63) is 0 Å². The van der Waals surface area contributed by atoms with Gasteiger partial charge in [-0.25, -0.2) is 8.42 Å². The van der Waals surface area contributed by atoms with Gasteiger partial charge in [-0.15, -0.1) is 0 Å². The highest BCUT2D eigenvalue weighted by molar-refractivity contribution is 7.94. The van der Waals surface area contributed by atoms with Crippen LogP contribution in [-0.2, 0) is 9.84 Å². The summed E-state index contributed by atoms with van der Waals surface area (Å²) in [4.78, 5) is 1.82. The van der Waals surface area contributed by atoms with Crippen LogP contribution in [0.15, 0.2) is 0 Å². The maximum atomic E-state index is 13.0. The van der Waals surface area contributed by atoms with Gasteiger partial charge in [0.1, 0.15) is 0 Å². The highest BCUT2D eigenvalue weighted by Gasteiger charge is 2.66. The summed E-state index contributed by atoms with van der Waals surface area (Å²) < 4.78 is 24.3. The first kappa shape index (κ1) is 16.9. The summed E-state index contributed by atoms with van der Waals surface area (Å²) in [7, 11) is 0.266. The first-order chi connectivity index (χ1) is 8.29. The summed E-state index contributed by atoms with van der Waals surface area (Å²) in [5, 5.41) is 10.3. The molecule has 0 radical (unpaired) electrons. The molecule has 5 heteroatoms. The minimum atomic E-state index is -3.41. The zero-order valence-electron chi connectivity index (χ0n) is 13.3. The van der Waals surface area contributed by atoms with Crippen LogP contribution >= 0.6 is 0 Å². The van der Waals surface area contributed by atoms with E-state index in [1.807, 2.05) is 39.8 Å². The van der Waals surface area contributed by atoms with Gasteiger partial charge < -0.3 is 10.0 Å². The molecule has 0 heterocycles. The molecule has 0 aliphatic heterocycles. The highest BCUT2D eigenvalue weighted by atomic mass is 32.2. The topological polar surface area (TPSA) is 57.6 Å². The Bertz CT molecular complexity index is 428. The standard InChI is InChI=1S/C14H29NO3S/c1-12(2,3)14(8-9-14)19(17,18)13(4,5)11(16)10-15(6)7/h11,16H,8-10H2,1-7H3. The van der Waals surface area contributed by atoms with Crippen LogP contribution in [0.5, 0.6) is 0 Å². The molecule has 0 aromatic carbocycles. The lowest BCUT2D eigenvalue weighted by molar-refractivity contribution is 0.104. The van der Waals surface area contributed by atoms with Crippen molar-refractivity contribution in [2.75, 3.05) is 20.6 Å². The maximum Gasteiger partial charge on any atom is 0.164 e. The Kier molecular flexibility index (Phi) is 4.19. The third-order valence-corrected chi connectivity index (χ3v) is 8.33. The quantitative estimate of drug-likeness (QED) is 0.837. The lowest BCUT2D eigenvalue weighted by atomic mass is 9.89. The van der Waals surface area contributed by atoms with Gasteiger partial charge in [0.15, 0.2) is 9.84 Å². The molecule has 1 aliphatic rings. The molecule has 0 spiro atoms. The fourth-order valence-electron chi connectivity index (χ4n) is 2.78. The van der Waals surface area contributed by atoms with Gasteiger partial charge in [0.05, 0.1) is 15.6 Å². The predicted octanol–water partition coefficient (Wildman–Crippen LogP) is 1.68. The summed E-state index contributed by atoms with van der Waals surface area (Å²) in [5.74, 6) is 0. The van der Waals surface area contributed by atoms with E-state index in [0.717, 1.165) is 0 Å². The Hall–Kier alpha value is -0.130. The second kappa shape index (κ2) is 4.71. The van der Waals surface area contributed by atoms with E-state index >= 15 is 0 Å². The average Bonchev–Trinajstić information content (AvgIpc) is 2.94. The molecule has 0 saturated heterocycles. The van der Waals surface area contributed by atoms with E-state index in [1.165, 1.54) is 0 Å². The molecule has 1 aliphatic carbocycles. The van der Waals surface area contributed by atoms with Crippen LogP contribution in [0.1, 0.15) is 47.5 Å². The van der Waals surface area contributed by atoms with Gasteiger partial charge in [0.25, 0.3) is 0 Å². The molecular formula is C14H29NO3S. The normalized spacial score (nSPS) is 21.5. The SMILES string of the molecule is CN(C)CC(O)C(C)(C)S(=O)(=O)C1(C(C)(C)C)CC1. The zero-order chi connectivity index (χ0) is 15.3. The molecule has 1 unspecified atom stereocenters. The lowest BCUT2D eigenvalue weighted by Crippen LogP contribution is -2.55. The Morgan fingerprint density at radius 1 is 1.16 bits per heavy atom. The van der Waals surface area contributed by atoms with Crippen molar-refractivity contribution >= 4 is 9.84 Å². The first-order valence-electron chi connectivity index (χ1n) is 6.86. The van der Waals surface area contributed by atoms with Crippen LogP contribution in [0, 0.1) is 5.41 Å². The van der Waals surface area contributed by atoms with Crippen LogP contribution in [0.4, 0.5) is 0 Å². The summed E-state index contributed by atoms with van der Waals surface area (Å²) in [5.41, 5.74) is -0.291. The molecule has 0 amide bonds. The minimum absolute atomic E-state index is 0.291. The minimum Gasteiger partial charge on any atom is -0.390 e. The molecule has 1 N–H and O–H groups in total. The fraction of sp³-hybridized carbons (Fsp3) is 1.00. The van der Waals surface area contributed by atoms with Gasteiger partial charge in [-0.05, 0) is 46.2 Å². The van der Waals surface area contributed by atoms with Crippen LogP contribution in [0.3, 0.4) is 0 Å². The van der Waals surface area contributed by atoms with Gasteiger partial charge in [-0.2, -0.15) is 0 Å². The van der Waals surface area contributed by atoms with E-state index in [0.29, 0.717) is 19.4 Å². The van der Waals surface area contributed by atoms with Crippen molar-refractivity contribution in [3.63, 3.8) is 0 Å². The Labute approximate surface area is 118 Å². The number of aliphatic hydroxyl groups excluding tert-OH is 1. The molecule has 19 heavy (non-hydrogen) atoms. The monoisotopic (exact) mass is 291 g/mol. The van der Waals surface area contributed by atoms with Gasteiger partial charge in [-0.3, -0.25) is 0 Å². The zero-order valence-corrected chi connectivity index (χ0v) is 14.1. The largest absolute Gasteiger partial charge is 0.390 e. The second-order valence-electron chi connectivity index (χ2n) is 7.63. The molecule has 1 fully saturated rings. The van der Waals surface area contributed by atoms with Gasteiger partial charge in [0.2, 0.25) is 0 Å². The number of nitrogens with zero attached hydrogens (tertiary/aromatic N) is 1. The van der Waals surface area contributed by atoms with Crippen LogP contribution < -0.4 is 0 Å². The Morgan fingerprint density at radius 3 is 1.84 bits per heavy atom. The van der Waals surface area contributed by atoms with E-state index < -0.39 is 25.4 Å². The number of likely N-dealkylation sites (N-methyl/N-ethyl adjacent to an activating group) is 1. The third-order valence-electron chi connectivity index (χ3n) is 4.62.